The second kappa shape index (κ2) is 7.21. The lowest BCUT2D eigenvalue weighted by molar-refractivity contribution is 0.447. The largest absolute Gasteiger partial charge is 0.302 e. The molecule has 112 valence electrons. The van der Waals surface area contributed by atoms with Gasteiger partial charge in [0.1, 0.15) is 5.82 Å². The molecular formula is C16H17Cl2FN2. The number of benzene rings is 1. The summed E-state index contributed by atoms with van der Waals surface area (Å²) in [5, 5.41) is 4.56. The van der Waals surface area contributed by atoms with Gasteiger partial charge in [0, 0.05) is 12.1 Å². The van der Waals surface area contributed by atoms with Gasteiger partial charge in [0.15, 0.2) is 0 Å². The molecule has 2 rings (SSSR count). The van der Waals surface area contributed by atoms with Crippen LogP contribution >= 0.6 is 23.2 Å². The molecule has 0 saturated heterocycles. The number of halogens is 3. The first-order valence-corrected chi connectivity index (χ1v) is 7.59. The maximum Gasteiger partial charge on any atom is 0.141 e. The molecule has 2 atom stereocenters. The summed E-state index contributed by atoms with van der Waals surface area (Å²) in [6.07, 6.45) is 2.09. The molecule has 0 saturated carbocycles. The van der Waals surface area contributed by atoms with Crippen molar-refractivity contribution in [3.8, 4) is 0 Å². The van der Waals surface area contributed by atoms with Gasteiger partial charge >= 0.3 is 0 Å². The minimum atomic E-state index is -0.328. The molecule has 2 unspecified atom stereocenters. The molecule has 0 aliphatic carbocycles. The van der Waals surface area contributed by atoms with E-state index in [9.17, 15) is 4.39 Å². The van der Waals surface area contributed by atoms with Crippen LogP contribution in [0.15, 0.2) is 36.5 Å². The van der Waals surface area contributed by atoms with Crippen LogP contribution in [0.2, 0.25) is 10.0 Å². The van der Waals surface area contributed by atoms with Crippen molar-refractivity contribution in [3.63, 3.8) is 0 Å². The van der Waals surface area contributed by atoms with E-state index in [1.165, 1.54) is 12.3 Å². The summed E-state index contributed by atoms with van der Waals surface area (Å²) in [6, 6.07) is 8.85. The summed E-state index contributed by atoms with van der Waals surface area (Å²) in [5.41, 5.74) is 1.87. The highest BCUT2D eigenvalue weighted by Gasteiger charge is 2.15. The SMILES string of the molecule is CCC(NC(C)c1ccc(Cl)c(Cl)c1)c1ccc(F)cn1. The first kappa shape index (κ1) is 16.2. The zero-order valence-corrected chi connectivity index (χ0v) is 13.4. The van der Waals surface area contributed by atoms with Crippen LogP contribution in [-0.4, -0.2) is 4.98 Å². The van der Waals surface area contributed by atoms with Crippen LogP contribution in [0.3, 0.4) is 0 Å². The molecule has 21 heavy (non-hydrogen) atoms. The lowest BCUT2D eigenvalue weighted by Crippen LogP contribution is -2.25. The van der Waals surface area contributed by atoms with E-state index in [0.29, 0.717) is 10.0 Å². The summed E-state index contributed by atoms with van der Waals surface area (Å²) in [6.45, 7) is 4.11. The Morgan fingerprint density at radius 2 is 1.95 bits per heavy atom. The number of nitrogens with one attached hydrogen (secondary N) is 1. The second-order valence-electron chi connectivity index (χ2n) is 4.92. The minimum absolute atomic E-state index is 0.0510. The normalized spacial score (nSPS) is 14.0. The Labute approximate surface area is 134 Å². The van der Waals surface area contributed by atoms with Gasteiger partial charge in [0.25, 0.3) is 0 Å². The van der Waals surface area contributed by atoms with Crippen molar-refractivity contribution in [1.82, 2.24) is 10.3 Å². The van der Waals surface area contributed by atoms with E-state index in [4.69, 9.17) is 23.2 Å². The third-order valence-electron chi connectivity index (χ3n) is 3.41. The lowest BCUT2D eigenvalue weighted by atomic mass is 10.0. The Hall–Kier alpha value is -1.16. The average Bonchev–Trinajstić information content (AvgIpc) is 2.48. The highest BCUT2D eigenvalue weighted by atomic mass is 35.5. The molecule has 2 aromatic rings. The van der Waals surface area contributed by atoms with Crippen molar-refractivity contribution < 1.29 is 4.39 Å². The van der Waals surface area contributed by atoms with E-state index in [1.54, 1.807) is 12.1 Å². The van der Waals surface area contributed by atoms with Crippen LogP contribution in [-0.2, 0) is 0 Å². The van der Waals surface area contributed by atoms with Crippen molar-refractivity contribution in [2.24, 2.45) is 0 Å². The fourth-order valence-electron chi connectivity index (χ4n) is 2.19. The van der Waals surface area contributed by atoms with E-state index in [2.05, 4.69) is 17.2 Å². The molecule has 0 spiro atoms. The van der Waals surface area contributed by atoms with Gasteiger partial charge in [-0.25, -0.2) is 4.39 Å². The molecule has 1 aromatic heterocycles. The standard InChI is InChI=1S/C16H17Cl2FN2/c1-3-15(16-7-5-12(19)9-20-16)21-10(2)11-4-6-13(17)14(18)8-11/h4-10,15,21H,3H2,1-2H3. The number of nitrogens with zero attached hydrogens (tertiary/aromatic N) is 1. The molecule has 0 bridgehead atoms. The van der Waals surface area contributed by atoms with Crippen LogP contribution < -0.4 is 5.32 Å². The summed E-state index contributed by atoms with van der Waals surface area (Å²) in [7, 11) is 0. The molecule has 5 heteroatoms. The number of hydrogen-bond donors (Lipinski definition) is 1. The second-order valence-corrected chi connectivity index (χ2v) is 5.74. The fourth-order valence-corrected chi connectivity index (χ4v) is 2.49. The lowest BCUT2D eigenvalue weighted by Gasteiger charge is -2.22. The topological polar surface area (TPSA) is 24.9 Å². The van der Waals surface area contributed by atoms with Gasteiger partial charge in [-0.15, -0.1) is 0 Å². The van der Waals surface area contributed by atoms with Gasteiger partial charge in [-0.1, -0.05) is 36.2 Å². The minimum Gasteiger partial charge on any atom is -0.302 e. The number of aromatic nitrogens is 1. The first-order valence-electron chi connectivity index (χ1n) is 6.83. The first-order chi connectivity index (χ1) is 10.0. The average molecular weight is 327 g/mol. The van der Waals surface area contributed by atoms with E-state index in [-0.39, 0.29) is 17.9 Å². The van der Waals surface area contributed by atoms with Gasteiger partial charge in [0.05, 0.1) is 21.9 Å². The van der Waals surface area contributed by atoms with Crippen LogP contribution in [0.4, 0.5) is 4.39 Å². The van der Waals surface area contributed by atoms with Crippen LogP contribution in [0, 0.1) is 5.82 Å². The Morgan fingerprint density at radius 1 is 1.19 bits per heavy atom. The van der Waals surface area contributed by atoms with Crippen LogP contribution in [0.1, 0.15) is 43.6 Å². The van der Waals surface area contributed by atoms with E-state index >= 15 is 0 Å². The predicted octanol–water partition coefficient (Wildman–Crippen LogP) is 5.33. The molecule has 0 amide bonds. The molecule has 0 radical (unpaired) electrons. The monoisotopic (exact) mass is 326 g/mol. The van der Waals surface area contributed by atoms with Gasteiger partial charge in [0.2, 0.25) is 0 Å². The quantitative estimate of drug-likeness (QED) is 0.803. The van der Waals surface area contributed by atoms with Gasteiger partial charge in [-0.3, -0.25) is 4.98 Å². The Bertz CT molecular complexity index is 602. The van der Waals surface area contributed by atoms with Crippen molar-refractivity contribution in [2.45, 2.75) is 32.4 Å². The van der Waals surface area contributed by atoms with Crippen molar-refractivity contribution in [3.05, 3.63) is 63.6 Å². The van der Waals surface area contributed by atoms with E-state index in [1.807, 2.05) is 19.1 Å². The molecule has 0 aliphatic rings. The highest BCUT2D eigenvalue weighted by molar-refractivity contribution is 6.42. The molecule has 0 fully saturated rings. The molecular weight excluding hydrogens is 310 g/mol. The third-order valence-corrected chi connectivity index (χ3v) is 4.15. The third kappa shape index (κ3) is 4.16. The highest BCUT2D eigenvalue weighted by Crippen LogP contribution is 2.27. The fraction of sp³-hybridized carbons (Fsp3) is 0.312. The van der Waals surface area contributed by atoms with Gasteiger partial charge in [-0.2, -0.15) is 0 Å². The molecule has 1 aromatic carbocycles. The van der Waals surface area contributed by atoms with Crippen LogP contribution in [0.5, 0.6) is 0 Å². The number of rotatable bonds is 5. The predicted molar refractivity (Wildman–Crippen MR) is 85.2 cm³/mol. The molecule has 1 heterocycles. The number of pyridine rings is 1. The zero-order valence-electron chi connectivity index (χ0n) is 11.9. The smallest absolute Gasteiger partial charge is 0.141 e. The van der Waals surface area contributed by atoms with E-state index in [0.717, 1.165) is 17.7 Å². The Morgan fingerprint density at radius 3 is 2.52 bits per heavy atom. The Balaban J connectivity index is 2.13. The molecule has 1 N–H and O–H groups in total. The summed E-state index contributed by atoms with van der Waals surface area (Å²) < 4.78 is 13.0. The van der Waals surface area contributed by atoms with Crippen molar-refractivity contribution >= 4 is 23.2 Å². The molecule has 2 nitrogen and oxygen atoms in total. The van der Waals surface area contributed by atoms with Crippen molar-refractivity contribution in [2.75, 3.05) is 0 Å². The summed E-state index contributed by atoms with van der Waals surface area (Å²) >= 11 is 12.0. The van der Waals surface area contributed by atoms with E-state index < -0.39 is 0 Å². The van der Waals surface area contributed by atoms with Crippen LogP contribution in [0.25, 0.3) is 0 Å². The van der Waals surface area contributed by atoms with Crippen molar-refractivity contribution in [1.29, 1.82) is 0 Å². The zero-order chi connectivity index (χ0) is 15.4. The molecule has 0 aliphatic heterocycles. The summed E-state index contributed by atoms with van der Waals surface area (Å²) in [5.74, 6) is -0.328. The van der Waals surface area contributed by atoms with Gasteiger partial charge in [-0.05, 0) is 43.2 Å². The number of hydrogen-bond acceptors (Lipinski definition) is 2. The van der Waals surface area contributed by atoms with Gasteiger partial charge < -0.3 is 5.32 Å². The maximum atomic E-state index is 13.0. The maximum absolute atomic E-state index is 13.0. The Kier molecular flexibility index (Phi) is 5.57. The summed E-state index contributed by atoms with van der Waals surface area (Å²) in [4.78, 5) is 4.14.